The van der Waals surface area contributed by atoms with Gasteiger partial charge in [0, 0.05) is 12.6 Å². The first-order valence-electron chi connectivity index (χ1n) is 5.60. The SMILES string of the molecule is CCC(C)(C)N(C)C(N)=Nc1ccccc1. The lowest BCUT2D eigenvalue weighted by atomic mass is 10.0. The maximum Gasteiger partial charge on any atom is 0.196 e. The van der Waals surface area contributed by atoms with Gasteiger partial charge in [0.05, 0.1) is 5.69 Å². The Morgan fingerprint density at radius 3 is 2.38 bits per heavy atom. The van der Waals surface area contributed by atoms with Crippen LogP contribution < -0.4 is 5.73 Å². The molecule has 0 fully saturated rings. The highest BCUT2D eigenvalue weighted by Gasteiger charge is 2.22. The van der Waals surface area contributed by atoms with E-state index in [0.717, 1.165) is 12.1 Å². The molecule has 0 saturated heterocycles. The Labute approximate surface area is 98.0 Å². The van der Waals surface area contributed by atoms with Crippen LogP contribution in [0.25, 0.3) is 0 Å². The lowest BCUT2D eigenvalue weighted by Crippen LogP contribution is -2.48. The van der Waals surface area contributed by atoms with E-state index in [-0.39, 0.29) is 5.54 Å². The summed E-state index contributed by atoms with van der Waals surface area (Å²) < 4.78 is 0. The van der Waals surface area contributed by atoms with Crippen LogP contribution >= 0.6 is 0 Å². The third-order valence-electron chi connectivity index (χ3n) is 3.12. The summed E-state index contributed by atoms with van der Waals surface area (Å²) in [4.78, 5) is 6.41. The van der Waals surface area contributed by atoms with Crippen LogP contribution in [0, 0.1) is 0 Å². The fourth-order valence-corrected chi connectivity index (χ4v) is 1.26. The summed E-state index contributed by atoms with van der Waals surface area (Å²) in [6.07, 6.45) is 1.02. The fourth-order valence-electron chi connectivity index (χ4n) is 1.26. The molecule has 0 aliphatic rings. The summed E-state index contributed by atoms with van der Waals surface area (Å²) in [5.74, 6) is 0.554. The number of para-hydroxylation sites is 1. The highest BCUT2D eigenvalue weighted by molar-refractivity contribution is 5.81. The van der Waals surface area contributed by atoms with Crippen molar-refractivity contribution in [1.82, 2.24) is 4.90 Å². The number of guanidine groups is 1. The van der Waals surface area contributed by atoms with Gasteiger partial charge in [-0.1, -0.05) is 25.1 Å². The molecule has 1 aromatic rings. The largest absolute Gasteiger partial charge is 0.369 e. The fraction of sp³-hybridized carbons (Fsp3) is 0.462. The molecule has 1 aromatic carbocycles. The normalized spacial score (nSPS) is 12.6. The molecule has 3 nitrogen and oxygen atoms in total. The summed E-state index contributed by atoms with van der Waals surface area (Å²) in [5.41, 5.74) is 6.90. The van der Waals surface area contributed by atoms with E-state index in [1.165, 1.54) is 0 Å². The number of benzene rings is 1. The Bertz CT molecular complexity index is 355. The first-order valence-corrected chi connectivity index (χ1v) is 5.60. The van der Waals surface area contributed by atoms with E-state index in [9.17, 15) is 0 Å². The Kier molecular flexibility index (Phi) is 3.93. The predicted molar refractivity (Wildman–Crippen MR) is 69.9 cm³/mol. The van der Waals surface area contributed by atoms with Gasteiger partial charge in [-0.3, -0.25) is 0 Å². The van der Waals surface area contributed by atoms with E-state index >= 15 is 0 Å². The molecule has 0 saturated carbocycles. The van der Waals surface area contributed by atoms with Gasteiger partial charge in [-0.15, -0.1) is 0 Å². The van der Waals surface area contributed by atoms with Gasteiger partial charge in [-0.05, 0) is 32.4 Å². The maximum atomic E-state index is 5.99. The molecular weight excluding hydrogens is 198 g/mol. The molecule has 88 valence electrons. The minimum Gasteiger partial charge on any atom is -0.369 e. The highest BCUT2D eigenvalue weighted by atomic mass is 15.3. The van der Waals surface area contributed by atoms with Crippen LogP contribution in [0.4, 0.5) is 5.69 Å². The van der Waals surface area contributed by atoms with Gasteiger partial charge in [0.1, 0.15) is 0 Å². The Morgan fingerprint density at radius 1 is 1.31 bits per heavy atom. The number of rotatable bonds is 3. The van der Waals surface area contributed by atoms with Crippen LogP contribution in [-0.2, 0) is 0 Å². The van der Waals surface area contributed by atoms with Crippen LogP contribution in [0.2, 0.25) is 0 Å². The second-order valence-corrected chi connectivity index (χ2v) is 4.53. The molecule has 0 radical (unpaired) electrons. The first kappa shape index (κ1) is 12.6. The Morgan fingerprint density at radius 2 is 1.88 bits per heavy atom. The number of nitrogens with two attached hydrogens (primary N) is 1. The van der Waals surface area contributed by atoms with E-state index in [4.69, 9.17) is 5.73 Å². The zero-order valence-electron chi connectivity index (χ0n) is 10.6. The monoisotopic (exact) mass is 219 g/mol. The Balaban J connectivity index is 2.86. The zero-order valence-corrected chi connectivity index (χ0v) is 10.6. The van der Waals surface area contributed by atoms with Gasteiger partial charge in [-0.25, -0.2) is 4.99 Å². The topological polar surface area (TPSA) is 41.6 Å². The molecule has 2 N–H and O–H groups in total. The molecule has 1 rings (SSSR count). The molecule has 0 unspecified atom stereocenters. The lowest BCUT2D eigenvalue weighted by molar-refractivity contribution is 0.244. The zero-order chi connectivity index (χ0) is 12.2. The second kappa shape index (κ2) is 5.01. The third kappa shape index (κ3) is 2.99. The van der Waals surface area contributed by atoms with Crippen LogP contribution in [0.1, 0.15) is 27.2 Å². The van der Waals surface area contributed by atoms with E-state index in [0.29, 0.717) is 5.96 Å². The summed E-state index contributed by atoms with van der Waals surface area (Å²) in [7, 11) is 1.98. The van der Waals surface area contributed by atoms with E-state index < -0.39 is 0 Å². The Hall–Kier alpha value is -1.51. The number of aliphatic imine (C=N–C) groups is 1. The van der Waals surface area contributed by atoms with Crippen molar-refractivity contribution < 1.29 is 0 Å². The number of hydrogen-bond acceptors (Lipinski definition) is 1. The van der Waals surface area contributed by atoms with Crippen molar-refractivity contribution in [2.24, 2.45) is 10.7 Å². The van der Waals surface area contributed by atoms with Gasteiger partial charge >= 0.3 is 0 Å². The highest BCUT2D eigenvalue weighted by Crippen LogP contribution is 2.17. The first-order chi connectivity index (χ1) is 7.47. The molecule has 0 atom stereocenters. The maximum absolute atomic E-state index is 5.99. The van der Waals surface area contributed by atoms with Crippen molar-refractivity contribution in [1.29, 1.82) is 0 Å². The molecule has 3 heteroatoms. The second-order valence-electron chi connectivity index (χ2n) is 4.53. The van der Waals surface area contributed by atoms with Crippen LogP contribution in [-0.4, -0.2) is 23.4 Å². The van der Waals surface area contributed by atoms with Crippen LogP contribution in [0.15, 0.2) is 35.3 Å². The number of hydrogen-bond donors (Lipinski definition) is 1. The van der Waals surface area contributed by atoms with E-state index in [2.05, 4.69) is 25.8 Å². The molecule has 0 aliphatic heterocycles. The lowest BCUT2D eigenvalue weighted by Gasteiger charge is -2.35. The molecule has 0 aromatic heterocycles. The quantitative estimate of drug-likeness (QED) is 0.627. The molecule has 0 heterocycles. The van der Waals surface area contributed by atoms with Crippen molar-refractivity contribution >= 4 is 11.6 Å². The number of nitrogens with zero attached hydrogens (tertiary/aromatic N) is 2. The van der Waals surface area contributed by atoms with E-state index in [1.807, 2.05) is 42.3 Å². The van der Waals surface area contributed by atoms with Gasteiger partial charge < -0.3 is 10.6 Å². The van der Waals surface area contributed by atoms with Crippen molar-refractivity contribution in [3.63, 3.8) is 0 Å². The molecular formula is C13H21N3. The van der Waals surface area contributed by atoms with Gasteiger partial charge in [-0.2, -0.15) is 0 Å². The van der Waals surface area contributed by atoms with Crippen LogP contribution in [0.3, 0.4) is 0 Å². The third-order valence-corrected chi connectivity index (χ3v) is 3.12. The van der Waals surface area contributed by atoms with Crippen molar-refractivity contribution in [2.75, 3.05) is 7.05 Å². The van der Waals surface area contributed by atoms with E-state index in [1.54, 1.807) is 0 Å². The summed E-state index contributed by atoms with van der Waals surface area (Å²) in [6, 6.07) is 9.77. The predicted octanol–water partition coefficient (Wildman–Crippen LogP) is 2.75. The smallest absolute Gasteiger partial charge is 0.196 e. The molecule has 0 bridgehead atoms. The van der Waals surface area contributed by atoms with Crippen molar-refractivity contribution in [2.45, 2.75) is 32.7 Å². The molecule has 0 amide bonds. The van der Waals surface area contributed by atoms with Crippen LogP contribution in [0.5, 0.6) is 0 Å². The summed E-state index contributed by atoms with van der Waals surface area (Å²) >= 11 is 0. The standard InChI is InChI=1S/C13H21N3/c1-5-13(2,3)16(4)12(14)15-11-9-7-6-8-10-11/h6-10H,5H2,1-4H3,(H2,14,15). The average molecular weight is 219 g/mol. The average Bonchev–Trinajstić information content (AvgIpc) is 2.29. The summed E-state index contributed by atoms with van der Waals surface area (Å²) in [5, 5.41) is 0. The minimum absolute atomic E-state index is 0.0301. The van der Waals surface area contributed by atoms with Gasteiger partial charge in [0.25, 0.3) is 0 Å². The van der Waals surface area contributed by atoms with Crippen molar-refractivity contribution in [3.8, 4) is 0 Å². The molecule has 0 spiro atoms. The van der Waals surface area contributed by atoms with Crippen molar-refractivity contribution in [3.05, 3.63) is 30.3 Å². The van der Waals surface area contributed by atoms with Gasteiger partial charge in [0.2, 0.25) is 0 Å². The molecule has 0 aliphatic carbocycles. The molecule has 16 heavy (non-hydrogen) atoms. The minimum atomic E-state index is 0.0301. The summed E-state index contributed by atoms with van der Waals surface area (Å²) in [6.45, 7) is 6.45. The van der Waals surface area contributed by atoms with Gasteiger partial charge in [0.15, 0.2) is 5.96 Å².